The van der Waals surface area contributed by atoms with Crippen LogP contribution in [0.15, 0.2) is 46.3 Å². The average molecular weight is 395 g/mol. The van der Waals surface area contributed by atoms with E-state index in [9.17, 15) is 9.59 Å². The first-order valence-corrected chi connectivity index (χ1v) is 8.98. The second kappa shape index (κ2) is 8.84. The highest BCUT2D eigenvalue weighted by molar-refractivity contribution is 9.11. The molecule has 0 saturated heterocycles. The summed E-state index contributed by atoms with van der Waals surface area (Å²) in [5, 5.41) is 2.83. The normalized spacial score (nSPS) is 10.3. The maximum absolute atomic E-state index is 12.1. The van der Waals surface area contributed by atoms with Crippen LogP contribution in [0, 0.1) is 0 Å². The standard InChI is InChI=1S/C17H19BrN2O2S/c1-20(12-14-9-10-15(18)23-14)16(21)8-5-11-19-17(22)13-6-3-2-4-7-13/h2-4,6-7,9-10H,5,8,11-12H2,1H3,(H,19,22). The Bertz CT molecular complexity index is 658. The van der Waals surface area contributed by atoms with E-state index in [1.165, 1.54) is 0 Å². The molecule has 0 bridgehead atoms. The number of carbonyl (C=O) groups is 2. The van der Waals surface area contributed by atoms with Crippen molar-refractivity contribution in [3.05, 3.63) is 56.7 Å². The molecule has 122 valence electrons. The van der Waals surface area contributed by atoms with Crippen LogP contribution in [0.4, 0.5) is 0 Å². The van der Waals surface area contributed by atoms with E-state index < -0.39 is 0 Å². The van der Waals surface area contributed by atoms with Crippen molar-refractivity contribution in [2.45, 2.75) is 19.4 Å². The lowest BCUT2D eigenvalue weighted by molar-refractivity contribution is -0.130. The lowest BCUT2D eigenvalue weighted by Crippen LogP contribution is -2.28. The van der Waals surface area contributed by atoms with E-state index in [1.54, 1.807) is 35.4 Å². The van der Waals surface area contributed by atoms with Gasteiger partial charge < -0.3 is 10.2 Å². The van der Waals surface area contributed by atoms with Gasteiger partial charge in [0.25, 0.3) is 5.91 Å². The Morgan fingerprint density at radius 3 is 2.57 bits per heavy atom. The third kappa shape index (κ3) is 5.80. The van der Waals surface area contributed by atoms with Gasteiger partial charge in [-0.15, -0.1) is 11.3 Å². The van der Waals surface area contributed by atoms with Crippen molar-refractivity contribution in [1.29, 1.82) is 0 Å². The van der Waals surface area contributed by atoms with Gasteiger partial charge in [-0.25, -0.2) is 0 Å². The van der Waals surface area contributed by atoms with Gasteiger partial charge >= 0.3 is 0 Å². The summed E-state index contributed by atoms with van der Waals surface area (Å²) in [5.74, 6) is -0.0154. The van der Waals surface area contributed by atoms with Crippen LogP contribution in [0.3, 0.4) is 0 Å². The highest BCUT2D eigenvalue weighted by Gasteiger charge is 2.10. The van der Waals surface area contributed by atoms with Crippen LogP contribution in [0.2, 0.25) is 0 Å². The molecule has 1 aromatic carbocycles. The smallest absolute Gasteiger partial charge is 0.251 e. The molecule has 2 rings (SSSR count). The molecule has 0 atom stereocenters. The highest BCUT2D eigenvalue weighted by Crippen LogP contribution is 2.23. The van der Waals surface area contributed by atoms with Gasteiger partial charge in [0.1, 0.15) is 0 Å². The Kier molecular flexibility index (Phi) is 6.80. The predicted octanol–water partition coefficient (Wildman–Crippen LogP) is 3.68. The first-order valence-electron chi connectivity index (χ1n) is 7.37. The highest BCUT2D eigenvalue weighted by atomic mass is 79.9. The molecular weight excluding hydrogens is 376 g/mol. The number of halogens is 1. The third-order valence-electron chi connectivity index (χ3n) is 3.34. The minimum atomic E-state index is -0.102. The van der Waals surface area contributed by atoms with E-state index in [2.05, 4.69) is 21.2 Å². The van der Waals surface area contributed by atoms with Crippen LogP contribution >= 0.6 is 27.3 Å². The molecule has 1 aromatic heterocycles. The number of rotatable bonds is 7. The van der Waals surface area contributed by atoms with Crippen LogP contribution in [-0.2, 0) is 11.3 Å². The zero-order valence-corrected chi connectivity index (χ0v) is 15.3. The van der Waals surface area contributed by atoms with E-state index in [0.29, 0.717) is 31.5 Å². The number of amides is 2. The molecule has 1 heterocycles. The maximum Gasteiger partial charge on any atom is 0.251 e. The summed E-state index contributed by atoms with van der Waals surface area (Å²) in [5.41, 5.74) is 0.638. The van der Waals surface area contributed by atoms with E-state index in [0.717, 1.165) is 8.66 Å². The zero-order chi connectivity index (χ0) is 16.7. The molecule has 1 N–H and O–H groups in total. The number of hydrogen-bond donors (Lipinski definition) is 1. The number of hydrogen-bond acceptors (Lipinski definition) is 3. The summed E-state index contributed by atoms with van der Waals surface area (Å²) >= 11 is 5.05. The second-order valence-corrected chi connectivity index (χ2v) is 7.73. The first kappa shape index (κ1) is 17.7. The van der Waals surface area contributed by atoms with Crippen molar-refractivity contribution in [2.24, 2.45) is 0 Å². The summed E-state index contributed by atoms with van der Waals surface area (Å²) in [6.07, 6.45) is 1.06. The summed E-state index contributed by atoms with van der Waals surface area (Å²) < 4.78 is 1.07. The fourth-order valence-electron chi connectivity index (χ4n) is 2.08. The maximum atomic E-state index is 12.1. The zero-order valence-electron chi connectivity index (χ0n) is 12.9. The predicted molar refractivity (Wildman–Crippen MR) is 96.5 cm³/mol. The van der Waals surface area contributed by atoms with Crippen LogP contribution in [0.1, 0.15) is 28.1 Å². The van der Waals surface area contributed by atoms with Gasteiger partial charge in [0, 0.05) is 30.5 Å². The lowest BCUT2D eigenvalue weighted by atomic mass is 10.2. The van der Waals surface area contributed by atoms with E-state index in [-0.39, 0.29) is 11.8 Å². The molecular formula is C17H19BrN2O2S. The van der Waals surface area contributed by atoms with Crippen LogP contribution < -0.4 is 5.32 Å². The van der Waals surface area contributed by atoms with Crippen molar-refractivity contribution in [1.82, 2.24) is 10.2 Å². The van der Waals surface area contributed by atoms with Crippen molar-refractivity contribution in [3.63, 3.8) is 0 Å². The average Bonchev–Trinajstić information content (AvgIpc) is 2.96. The molecule has 2 aromatic rings. The fraction of sp³-hybridized carbons (Fsp3) is 0.294. The van der Waals surface area contributed by atoms with Crippen molar-refractivity contribution >= 4 is 39.1 Å². The summed E-state index contributed by atoms with van der Waals surface area (Å²) in [6, 6.07) is 13.1. The van der Waals surface area contributed by atoms with Crippen LogP contribution in [-0.4, -0.2) is 30.3 Å². The molecule has 0 fully saturated rings. The summed E-state index contributed by atoms with van der Waals surface area (Å²) in [6.45, 7) is 1.11. The molecule has 0 aliphatic carbocycles. The Balaban J connectivity index is 1.67. The number of benzene rings is 1. The van der Waals surface area contributed by atoms with Crippen molar-refractivity contribution in [2.75, 3.05) is 13.6 Å². The summed E-state index contributed by atoms with van der Waals surface area (Å²) in [4.78, 5) is 26.8. The van der Waals surface area contributed by atoms with Gasteiger partial charge in [-0.2, -0.15) is 0 Å². The molecule has 0 aliphatic rings. The number of nitrogens with one attached hydrogen (secondary N) is 1. The SMILES string of the molecule is CN(Cc1ccc(Br)s1)C(=O)CCCNC(=O)c1ccccc1. The Hall–Kier alpha value is -1.66. The molecule has 2 amide bonds. The molecule has 0 saturated carbocycles. The van der Waals surface area contributed by atoms with Crippen molar-refractivity contribution in [3.8, 4) is 0 Å². The molecule has 0 aliphatic heterocycles. The molecule has 4 nitrogen and oxygen atoms in total. The van der Waals surface area contributed by atoms with E-state index in [1.807, 2.05) is 30.3 Å². The molecule has 0 unspecified atom stereocenters. The Labute approximate surface area is 148 Å². The second-order valence-electron chi connectivity index (χ2n) is 5.18. The quantitative estimate of drug-likeness (QED) is 0.728. The van der Waals surface area contributed by atoms with E-state index >= 15 is 0 Å². The molecule has 0 spiro atoms. The number of carbonyl (C=O) groups excluding carboxylic acids is 2. The van der Waals surface area contributed by atoms with Gasteiger partial charge in [0.05, 0.1) is 10.3 Å². The van der Waals surface area contributed by atoms with Gasteiger partial charge in [-0.05, 0) is 46.6 Å². The lowest BCUT2D eigenvalue weighted by Gasteiger charge is -2.16. The largest absolute Gasteiger partial charge is 0.352 e. The monoisotopic (exact) mass is 394 g/mol. The topological polar surface area (TPSA) is 49.4 Å². The van der Waals surface area contributed by atoms with Crippen LogP contribution in [0.5, 0.6) is 0 Å². The van der Waals surface area contributed by atoms with Gasteiger partial charge in [0.2, 0.25) is 5.91 Å². The van der Waals surface area contributed by atoms with Gasteiger partial charge in [-0.3, -0.25) is 9.59 Å². The molecule has 6 heteroatoms. The first-order chi connectivity index (χ1) is 11.1. The molecule has 0 radical (unpaired) electrons. The van der Waals surface area contributed by atoms with Gasteiger partial charge in [-0.1, -0.05) is 18.2 Å². The minimum absolute atomic E-state index is 0.0866. The van der Waals surface area contributed by atoms with Gasteiger partial charge in [0.15, 0.2) is 0 Å². The fourth-order valence-corrected chi connectivity index (χ4v) is 3.62. The number of thiophene rings is 1. The Morgan fingerprint density at radius 1 is 1.17 bits per heavy atom. The van der Waals surface area contributed by atoms with Crippen LogP contribution in [0.25, 0.3) is 0 Å². The minimum Gasteiger partial charge on any atom is -0.352 e. The third-order valence-corrected chi connectivity index (χ3v) is 4.94. The van der Waals surface area contributed by atoms with Crippen molar-refractivity contribution < 1.29 is 9.59 Å². The summed E-state index contributed by atoms with van der Waals surface area (Å²) in [7, 11) is 1.80. The Morgan fingerprint density at radius 2 is 1.91 bits per heavy atom. The molecule has 23 heavy (non-hydrogen) atoms. The van der Waals surface area contributed by atoms with E-state index in [4.69, 9.17) is 0 Å². The number of nitrogens with zero attached hydrogens (tertiary/aromatic N) is 1.